The summed E-state index contributed by atoms with van der Waals surface area (Å²) in [6.07, 6.45) is 1.36. The monoisotopic (exact) mass is 362 g/mol. The molecule has 0 unspecified atom stereocenters. The van der Waals surface area contributed by atoms with Gasteiger partial charge in [-0.05, 0) is 12.1 Å². The van der Waals surface area contributed by atoms with Crippen molar-refractivity contribution < 1.29 is 9.90 Å². The lowest BCUT2D eigenvalue weighted by Crippen LogP contribution is -2.15. The van der Waals surface area contributed by atoms with Crippen LogP contribution in [-0.2, 0) is 0 Å². The van der Waals surface area contributed by atoms with Gasteiger partial charge in [0.25, 0.3) is 0 Å². The molecule has 5 heteroatoms. The summed E-state index contributed by atoms with van der Waals surface area (Å²) in [5, 5.41) is 18.3. The second-order valence-corrected chi connectivity index (χ2v) is 5.84. The summed E-state index contributed by atoms with van der Waals surface area (Å²) in [6, 6.07) is 22.9. The van der Waals surface area contributed by atoms with Gasteiger partial charge >= 0.3 is 0 Å². The van der Waals surface area contributed by atoms with E-state index in [1.165, 1.54) is 6.21 Å². The molecule has 0 fully saturated rings. The molecule has 4 nitrogen and oxygen atoms in total. The Bertz CT molecular complexity index is 968. The molecule has 0 spiro atoms. The van der Waals surface area contributed by atoms with Crippen molar-refractivity contribution in [2.45, 2.75) is 0 Å². The highest BCUT2D eigenvalue weighted by molar-refractivity contribution is 6.51. The Labute approximate surface area is 156 Å². The molecule has 0 aliphatic rings. The zero-order valence-corrected chi connectivity index (χ0v) is 14.5. The van der Waals surface area contributed by atoms with Gasteiger partial charge in [-0.15, -0.1) is 5.10 Å². The summed E-state index contributed by atoms with van der Waals surface area (Å²) in [5.41, 5.74) is 1.82. The third kappa shape index (κ3) is 4.05. The van der Waals surface area contributed by atoms with Crippen molar-refractivity contribution in [3.8, 4) is 5.75 Å². The molecule has 3 aromatic carbocycles. The van der Waals surface area contributed by atoms with Crippen LogP contribution in [0.5, 0.6) is 5.75 Å². The zero-order valence-electron chi connectivity index (χ0n) is 13.7. The van der Waals surface area contributed by atoms with Crippen molar-refractivity contribution >= 4 is 29.3 Å². The van der Waals surface area contributed by atoms with E-state index >= 15 is 0 Å². The number of ketones is 1. The number of carbonyl (C=O) groups excluding carboxylic acids is 1. The van der Waals surface area contributed by atoms with Gasteiger partial charge in [0.1, 0.15) is 11.5 Å². The van der Waals surface area contributed by atoms with Crippen LogP contribution in [0.15, 0.2) is 89.1 Å². The van der Waals surface area contributed by atoms with Crippen LogP contribution in [0.25, 0.3) is 0 Å². The van der Waals surface area contributed by atoms with Crippen molar-refractivity contribution in [2.75, 3.05) is 0 Å². The Hall–Kier alpha value is -3.24. The molecule has 1 N–H and O–H groups in total. The third-order valence-electron chi connectivity index (χ3n) is 3.67. The van der Waals surface area contributed by atoms with E-state index in [-0.39, 0.29) is 22.3 Å². The fraction of sp³-hybridized carbons (Fsp3) is 0. The summed E-state index contributed by atoms with van der Waals surface area (Å²) in [7, 11) is 0. The molecule has 0 heterocycles. The first-order valence-corrected chi connectivity index (χ1v) is 8.28. The summed E-state index contributed by atoms with van der Waals surface area (Å²) >= 11 is 5.88. The smallest absolute Gasteiger partial charge is 0.213 e. The number of phenolic OH excluding ortho intramolecular Hbond substituents is 1. The first-order chi connectivity index (χ1) is 12.7. The predicted octanol–water partition coefficient (Wildman–Crippen LogP) is 4.75. The molecule has 0 saturated heterocycles. The van der Waals surface area contributed by atoms with Crippen LogP contribution in [0, 0.1) is 0 Å². The zero-order chi connectivity index (χ0) is 18.4. The van der Waals surface area contributed by atoms with E-state index < -0.39 is 0 Å². The quantitative estimate of drug-likeness (QED) is 0.404. The van der Waals surface area contributed by atoms with Crippen LogP contribution in [0.4, 0.5) is 0 Å². The van der Waals surface area contributed by atoms with Gasteiger partial charge in [-0.1, -0.05) is 78.3 Å². The number of benzene rings is 3. The van der Waals surface area contributed by atoms with Crippen LogP contribution >= 0.6 is 11.6 Å². The summed E-state index contributed by atoms with van der Waals surface area (Å²) < 4.78 is 0. The van der Waals surface area contributed by atoms with E-state index in [1.807, 2.05) is 24.3 Å². The number of halogens is 1. The first-order valence-electron chi connectivity index (χ1n) is 7.90. The van der Waals surface area contributed by atoms with Gasteiger partial charge in [0.15, 0.2) is 0 Å². The lowest BCUT2D eigenvalue weighted by Gasteiger charge is -2.04. The molecule has 0 aromatic heterocycles. The number of para-hydroxylation sites is 1. The molecule has 3 rings (SSSR count). The van der Waals surface area contributed by atoms with Crippen LogP contribution in [0.2, 0.25) is 5.02 Å². The second-order valence-electron chi connectivity index (χ2n) is 5.43. The molecule has 3 aromatic rings. The van der Waals surface area contributed by atoms with E-state index in [9.17, 15) is 9.90 Å². The number of hydrogen-bond donors (Lipinski definition) is 1. The third-order valence-corrected chi connectivity index (χ3v) is 3.98. The maximum atomic E-state index is 12.8. The molecule has 0 atom stereocenters. The number of carbonyl (C=O) groups is 1. The second kappa shape index (κ2) is 8.23. The fourth-order valence-corrected chi connectivity index (χ4v) is 2.52. The number of rotatable bonds is 5. The topological polar surface area (TPSA) is 62.0 Å². The predicted molar refractivity (Wildman–Crippen MR) is 104 cm³/mol. The minimum atomic E-state index is -0.232. The van der Waals surface area contributed by atoms with E-state index in [0.717, 1.165) is 0 Å². The summed E-state index contributed by atoms with van der Waals surface area (Å²) in [6.45, 7) is 0. The van der Waals surface area contributed by atoms with E-state index in [0.29, 0.717) is 16.7 Å². The Morgan fingerprint density at radius 3 is 2.12 bits per heavy atom. The molecule has 0 aliphatic carbocycles. The fourth-order valence-electron chi connectivity index (χ4n) is 2.34. The highest BCUT2D eigenvalue weighted by Gasteiger charge is 2.16. The number of hydrogen-bond acceptors (Lipinski definition) is 4. The first kappa shape index (κ1) is 17.6. The molecular weight excluding hydrogens is 348 g/mol. The normalized spacial score (nSPS) is 11.7. The van der Waals surface area contributed by atoms with E-state index in [1.54, 1.807) is 54.6 Å². The Balaban J connectivity index is 1.98. The van der Waals surface area contributed by atoms with Crippen LogP contribution in [0.3, 0.4) is 0 Å². The van der Waals surface area contributed by atoms with Gasteiger partial charge in [-0.3, -0.25) is 4.79 Å². The van der Waals surface area contributed by atoms with Crippen LogP contribution in [0.1, 0.15) is 21.5 Å². The highest BCUT2D eigenvalue weighted by Crippen LogP contribution is 2.25. The minimum absolute atomic E-state index is 0.0798. The molecule has 0 saturated carbocycles. The Kier molecular flexibility index (Phi) is 5.56. The lowest BCUT2D eigenvalue weighted by molar-refractivity contribution is 0.106. The average molecular weight is 363 g/mol. The number of aromatic hydroxyl groups is 1. The van der Waals surface area contributed by atoms with E-state index in [2.05, 4.69) is 10.2 Å². The lowest BCUT2D eigenvalue weighted by atomic mass is 10.0. The summed E-state index contributed by atoms with van der Waals surface area (Å²) in [5.74, 6) is -0.312. The SMILES string of the molecule is O=C(/C(=N\N=C\c1cccc(Cl)c1O)c1ccccc1)c1ccccc1. The minimum Gasteiger partial charge on any atom is -0.506 e. The van der Waals surface area contributed by atoms with Crippen molar-refractivity contribution in [3.63, 3.8) is 0 Å². The largest absolute Gasteiger partial charge is 0.506 e. The molecule has 128 valence electrons. The van der Waals surface area contributed by atoms with E-state index in [4.69, 9.17) is 11.6 Å². The number of Topliss-reactive ketones (excluding diaryl/α,β-unsaturated/α-hetero) is 1. The van der Waals surface area contributed by atoms with Gasteiger partial charge in [-0.25, -0.2) is 0 Å². The Morgan fingerprint density at radius 1 is 0.846 bits per heavy atom. The van der Waals surface area contributed by atoms with Crippen molar-refractivity contribution in [1.82, 2.24) is 0 Å². The number of phenols is 1. The van der Waals surface area contributed by atoms with Gasteiger partial charge < -0.3 is 5.11 Å². The van der Waals surface area contributed by atoms with Crippen molar-refractivity contribution in [1.29, 1.82) is 0 Å². The van der Waals surface area contributed by atoms with Gasteiger partial charge in [0, 0.05) is 16.7 Å². The average Bonchev–Trinajstić information content (AvgIpc) is 2.69. The summed E-state index contributed by atoms with van der Waals surface area (Å²) in [4.78, 5) is 12.8. The standard InChI is InChI=1S/C21H15ClN2O2/c22-18-13-7-12-17(20(18)25)14-23-24-19(15-8-3-1-4-9-15)21(26)16-10-5-2-6-11-16/h1-14,25H/b23-14+,24-19-. The van der Waals surface area contributed by atoms with Gasteiger partial charge in [0.2, 0.25) is 5.78 Å². The molecule has 0 amide bonds. The van der Waals surface area contributed by atoms with Crippen molar-refractivity contribution in [3.05, 3.63) is 101 Å². The van der Waals surface area contributed by atoms with Crippen LogP contribution in [-0.4, -0.2) is 22.8 Å². The molecule has 26 heavy (non-hydrogen) atoms. The molecule has 0 aliphatic heterocycles. The molecular formula is C21H15ClN2O2. The maximum Gasteiger partial charge on any atom is 0.213 e. The van der Waals surface area contributed by atoms with Crippen LogP contribution < -0.4 is 0 Å². The Morgan fingerprint density at radius 2 is 1.46 bits per heavy atom. The molecule has 0 radical (unpaired) electrons. The molecule has 0 bridgehead atoms. The number of nitrogens with zero attached hydrogens (tertiary/aromatic N) is 2. The highest BCUT2D eigenvalue weighted by atomic mass is 35.5. The van der Waals surface area contributed by atoms with Gasteiger partial charge in [-0.2, -0.15) is 5.10 Å². The van der Waals surface area contributed by atoms with Crippen molar-refractivity contribution in [2.24, 2.45) is 10.2 Å². The maximum absolute atomic E-state index is 12.8. The van der Waals surface area contributed by atoms with Gasteiger partial charge in [0.05, 0.1) is 11.2 Å².